The van der Waals surface area contributed by atoms with E-state index < -0.39 is 21.5 Å². The Morgan fingerprint density at radius 3 is 2.29 bits per heavy atom. The number of methoxy groups -OCH3 is 2. The van der Waals surface area contributed by atoms with Crippen LogP contribution in [-0.4, -0.2) is 28.5 Å². The molecule has 0 saturated carbocycles. The number of ether oxygens (including phenoxy) is 2. The van der Waals surface area contributed by atoms with Crippen LogP contribution in [0, 0.1) is 0 Å². The van der Waals surface area contributed by atoms with Crippen LogP contribution in [0.4, 0.5) is 0 Å². The zero-order valence-corrected chi connectivity index (χ0v) is 14.5. The maximum absolute atomic E-state index is 12.6. The van der Waals surface area contributed by atoms with Gasteiger partial charge < -0.3 is 9.47 Å². The lowest BCUT2D eigenvalue weighted by Gasteiger charge is -2.27. The monoisotopic (exact) mass is 349 g/mol. The van der Waals surface area contributed by atoms with E-state index in [4.69, 9.17) is 9.47 Å². The first-order valence-electron chi connectivity index (χ1n) is 7.15. The van der Waals surface area contributed by atoms with Crippen LogP contribution in [-0.2, 0) is 25.2 Å². The fourth-order valence-electron chi connectivity index (χ4n) is 2.14. The van der Waals surface area contributed by atoms with E-state index >= 15 is 0 Å². The van der Waals surface area contributed by atoms with Crippen LogP contribution >= 0.6 is 0 Å². The van der Waals surface area contributed by atoms with E-state index in [1.54, 1.807) is 36.4 Å². The summed E-state index contributed by atoms with van der Waals surface area (Å²) in [6.07, 6.45) is 0. The quantitative estimate of drug-likeness (QED) is 0.863. The van der Waals surface area contributed by atoms with E-state index in [0.29, 0.717) is 11.3 Å². The Labute approximate surface area is 141 Å². The molecule has 1 unspecified atom stereocenters. The Morgan fingerprint density at radius 2 is 1.71 bits per heavy atom. The SMILES string of the molecule is COc1cccc(S(=O)(=O)NC(=O)C(C)(OC)c2ccccc2)c1. The van der Waals surface area contributed by atoms with Gasteiger partial charge in [-0.05, 0) is 24.6 Å². The van der Waals surface area contributed by atoms with Crippen LogP contribution in [0.25, 0.3) is 0 Å². The Morgan fingerprint density at radius 1 is 1.04 bits per heavy atom. The molecule has 2 rings (SSSR count). The van der Waals surface area contributed by atoms with Crippen LogP contribution in [0.5, 0.6) is 5.75 Å². The standard InChI is InChI=1S/C17H19NO5S/c1-17(23-3,13-8-5-4-6-9-13)16(19)18-24(20,21)15-11-7-10-14(12-15)22-2/h4-12H,1-3H3,(H,18,19). The highest BCUT2D eigenvalue weighted by molar-refractivity contribution is 7.90. The van der Waals surface area contributed by atoms with Gasteiger partial charge in [-0.2, -0.15) is 0 Å². The average molecular weight is 349 g/mol. The van der Waals surface area contributed by atoms with Crippen molar-refractivity contribution in [3.63, 3.8) is 0 Å². The van der Waals surface area contributed by atoms with Gasteiger partial charge in [-0.15, -0.1) is 0 Å². The molecule has 0 saturated heterocycles. The Kier molecular flexibility index (Phi) is 5.26. The molecule has 7 heteroatoms. The maximum atomic E-state index is 12.6. The average Bonchev–Trinajstić information content (AvgIpc) is 2.61. The molecule has 0 aliphatic rings. The molecule has 1 atom stereocenters. The number of hydrogen-bond acceptors (Lipinski definition) is 5. The summed E-state index contributed by atoms with van der Waals surface area (Å²) in [5.74, 6) is -0.401. The third kappa shape index (κ3) is 3.58. The number of carbonyl (C=O) groups is 1. The number of rotatable bonds is 6. The lowest BCUT2D eigenvalue weighted by Crippen LogP contribution is -2.46. The molecule has 0 fully saturated rings. The lowest BCUT2D eigenvalue weighted by molar-refractivity contribution is -0.140. The smallest absolute Gasteiger partial charge is 0.270 e. The highest BCUT2D eigenvalue weighted by atomic mass is 32.2. The van der Waals surface area contributed by atoms with Crippen LogP contribution in [0.1, 0.15) is 12.5 Å². The van der Waals surface area contributed by atoms with Gasteiger partial charge in [0.1, 0.15) is 5.75 Å². The van der Waals surface area contributed by atoms with Gasteiger partial charge in [0.2, 0.25) is 0 Å². The first kappa shape index (κ1) is 18.0. The van der Waals surface area contributed by atoms with Crippen molar-refractivity contribution in [2.45, 2.75) is 17.4 Å². The summed E-state index contributed by atoms with van der Waals surface area (Å²) in [5.41, 5.74) is -0.890. The summed E-state index contributed by atoms with van der Waals surface area (Å²) in [5, 5.41) is 0. The molecular formula is C17H19NO5S. The zero-order chi connectivity index (χ0) is 17.8. The second-order valence-electron chi connectivity index (χ2n) is 5.22. The number of sulfonamides is 1. The van der Waals surface area contributed by atoms with Crippen LogP contribution in [0.3, 0.4) is 0 Å². The van der Waals surface area contributed by atoms with Gasteiger partial charge in [0.25, 0.3) is 15.9 Å². The molecule has 0 aliphatic heterocycles. The molecule has 0 aliphatic carbocycles. The van der Waals surface area contributed by atoms with Crippen molar-refractivity contribution in [3.8, 4) is 5.75 Å². The fourth-order valence-corrected chi connectivity index (χ4v) is 3.23. The van der Waals surface area contributed by atoms with Crippen LogP contribution in [0.2, 0.25) is 0 Å². The Balaban J connectivity index is 2.32. The van der Waals surface area contributed by atoms with E-state index in [0.717, 1.165) is 0 Å². The molecule has 2 aromatic carbocycles. The number of nitrogens with one attached hydrogen (secondary N) is 1. The molecule has 0 radical (unpaired) electrons. The minimum Gasteiger partial charge on any atom is -0.497 e. The summed E-state index contributed by atoms with van der Waals surface area (Å²) < 4.78 is 37.3. The highest BCUT2D eigenvalue weighted by Crippen LogP contribution is 2.26. The lowest BCUT2D eigenvalue weighted by atomic mass is 9.95. The second kappa shape index (κ2) is 7.02. The molecule has 2 aromatic rings. The molecule has 6 nitrogen and oxygen atoms in total. The topological polar surface area (TPSA) is 81.7 Å². The van der Waals surface area contributed by atoms with E-state index in [1.165, 1.54) is 39.3 Å². The molecule has 1 amide bonds. The van der Waals surface area contributed by atoms with Crippen molar-refractivity contribution >= 4 is 15.9 Å². The van der Waals surface area contributed by atoms with Crippen molar-refractivity contribution in [2.75, 3.05) is 14.2 Å². The van der Waals surface area contributed by atoms with Crippen LogP contribution in [0.15, 0.2) is 59.5 Å². The molecule has 1 N–H and O–H groups in total. The van der Waals surface area contributed by atoms with E-state index in [2.05, 4.69) is 4.72 Å². The van der Waals surface area contributed by atoms with Gasteiger partial charge >= 0.3 is 0 Å². The summed E-state index contributed by atoms with van der Waals surface area (Å²) >= 11 is 0. The Bertz CT molecular complexity index is 820. The largest absolute Gasteiger partial charge is 0.497 e. The van der Waals surface area contributed by atoms with E-state index in [1.807, 2.05) is 0 Å². The zero-order valence-electron chi connectivity index (χ0n) is 13.6. The molecule has 0 bridgehead atoms. The molecule has 128 valence electrons. The summed E-state index contributed by atoms with van der Waals surface area (Å²) in [6, 6.07) is 14.5. The normalized spacial score (nSPS) is 13.8. The third-order valence-corrected chi connectivity index (χ3v) is 5.07. The predicted octanol–water partition coefficient (Wildman–Crippen LogP) is 2.06. The minimum atomic E-state index is -4.05. The molecule has 24 heavy (non-hydrogen) atoms. The van der Waals surface area contributed by atoms with Gasteiger partial charge in [-0.1, -0.05) is 36.4 Å². The second-order valence-corrected chi connectivity index (χ2v) is 6.90. The first-order valence-corrected chi connectivity index (χ1v) is 8.64. The molecule has 0 spiro atoms. The van der Waals surface area contributed by atoms with Gasteiger partial charge in [-0.25, -0.2) is 13.1 Å². The summed E-state index contributed by atoms with van der Waals surface area (Å²) in [6.45, 7) is 1.51. The molecule has 0 aromatic heterocycles. The van der Waals surface area contributed by atoms with Crippen molar-refractivity contribution in [3.05, 3.63) is 60.2 Å². The van der Waals surface area contributed by atoms with Crippen molar-refractivity contribution in [1.82, 2.24) is 4.72 Å². The van der Waals surface area contributed by atoms with E-state index in [9.17, 15) is 13.2 Å². The first-order chi connectivity index (χ1) is 11.3. The number of benzene rings is 2. The minimum absolute atomic E-state index is 0.0679. The maximum Gasteiger partial charge on any atom is 0.270 e. The number of amides is 1. The van der Waals surface area contributed by atoms with Crippen molar-refractivity contribution in [2.24, 2.45) is 0 Å². The Hall–Kier alpha value is -2.38. The highest BCUT2D eigenvalue weighted by Gasteiger charge is 2.37. The molecule has 0 heterocycles. The summed E-state index contributed by atoms with van der Waals surface area (Å²) in [4.78, 5) is 12.5. The number of carbonyl (C=O) groups excluding carboxylic acids is 1. The van der Waals surface area contributed by atoms with Gasteiger partial charge in [-0.3, -0.25) is 4.79 Å². The van der Waals surface area contributed by atoms with E-state index in [-0.39, 0.29) is 4.90 Å². The van der Waals surface area contributed by atoms with Gasteiger partial charge in [0.15, 0.2) is 5.60 Å². The summed E-state index contributed by atoms with van der Waals surface area (Å²) in [7, 11) is -1.27. The fraction of sp³-hybridized carbons (Fsp3) is 0.235. The van der Waals surface area contributed by atoms with Crippen molar-refractivity contribution < 1.29 is 22.7 Å². The van der Waals surface area contributed by atoms with Crippen LogP contribution < -0.4 is 9.46 Å². The number of hydrogen-bond donors (Lipinski definition) is 1. The van der Waals surface area contributed by atoms with Gasteiger partial charge in [0, 0.05) is 13.2 Å². The third-order valence-electron chi connectivity index (χ3n) is 3.74. The van der Waals surface area contributed by atoms with Crippen molar-refractivity contribution in [1.29, 1.82) is 0 Å². The predicted molar refractivity (Wildman–Crippen MR) is 89.1 cm³/mol. The molecular weight excluding hydrogens is 330 g/mol. The van der Waals surface area contributed by atoms with Gasteiger partial charge in [0.05, 0.1) is 12.0 Å².